The summed E-state index contributed by atoms with van der Waals surface area (Å²) in [7, 11) is -3.91. The Morgan fingerprint density at radius 1 is 1.22 bits per heavy atom. The lowest BCUT2D eigenvalue weighted by atomic mass is 10.2. The van der Waals surface area contributed by atoms with E-state index in [2.05, 4.69) is 0 Å². The van der Waals surface area contributed by atoms with Gasteiger partial charge in [-0.05, 0) is 38.1 Å². The van der Waals surface area contributed by atoms with Gasteiger partial charge in [-0.3, -0.25) is 14.9 Å². The van der Waals surface area contributed by atoms with Gasteiger partial charge in [0.25, 0.3) is 5.91 Å². The van der Waals surface area contributed by atoms with E-state index in [-0.39, 0.29) is 42.9 Å². The van der Waals surface area contributed by atoms with Gasteiger partial charge in [-0.1, -0.05) is 18.2 Å². The Kier molecular flexibility index (Phi) is 7.44. The number of hydrogen-bond acceptors (Lipinski definition) is 7. The number of para-hydroxylation sites is 1. The molecule has 10 nitrogen and oxygen atoms in total. The Balaban J connectivity index is 1.84. The van der Waals surface area contributed by atoms with E-state index in [0.717, 1.165) is 6.07 Å². The molecule has 1 aliphatic rings. The summed E-state index contributed by atoms with van der Waals surface area (Å²) in [6.45, 7) is 4.56. The summed E-state index contributed by atoms with van der Waals surface area (Å²) < 4.78 is 37.7. The van der Waals surface area contributed by atoms with Crippen LogP contribution in [0.4, 0.5) is 11.4 Å². The Morgan fingerprint density at radius 2 is 1.88 bits per heavy atom. The third-order valence-corrected chi connectivity index (χ3v) is 6.93. The van der Waals surface area contributed by atoms with Crippen LogP contribution in [-0.4, -0.2) is 62.5 Å². The zero-order chi connectivity index (χ0) is 23.3. The minimum absolute atomic E-state index is 0.173. The van der Waals surface area contributed by atoms with E-state index < -0.39 is 26.7 Å². The molecule has 0 saturated carbocycles. The Hall–Kier alpha value is -3.02. The molecule has 1 aliphatic heterocycles. The largest absolute Gasteiger partial charge is 0.474 e. The number of hydrogen-bond donors (Lipinski definition) is 0. The molecule has 0 aliphatic carbocycles. The fourth-order valence-electron chi connectivity index (χ4n) is 3.37. The van der Waals surface area contributed by atoms with Crippen molar-refractivity contribution in [1.29, 1.82) is 0 Å². The molecule has 0 aromatic heterocycles. The number of likely N-dealkylation sites (N-methyl/N-ethyl adjacent to an activating group) is 1. The molecule has 0 radical (unpaired) electrons. The second-order valence-corrected chi connectivity index (χ2v) is 9.02. The third-order valence-electron chi connectivity index (χ3n) is 5.04. The van der Waals surface area contributed by atoms with Crippen LogP contribution in [0.1, 0.15) is 13.8 Å². The summed E-state index contributed by atoms with van der Waals surface area (Å²) in [6.07, 6.45) is -1.03. The molecular weight excluding hydrogens is 438 g/mol. The van der Waals surface area contributed by atoms with Gasteiger partial charge in [-0.25, -0.2) is 8.42 Å². The number of rotatable bonds is 8. The summed E-state index contributed by atoms with van der Waals surface area (Å²) in [4.78, 5) is 25.1. The van der Waals surface area contributed by atoms with E-state index in [1.165, 1.54) is 28.3 Å². The Labute approximate surface area is 186 Å². The quantitative estimate of drug-likeness (QED) is 0.436. The molecule has 0 spiro atoms. The molecule has 32 heavy (non-hydrogen) atoms. The molecule has 1 saturated heterocycles. The first kappa shape index (κ1) is 23.6. The molecule has 2 aromatic rings. The van der Waals surface area contributed by atoms with Crippen molar-refractivity contribution >= 4 is 27.3 Å². The lowest BCUT2D eigenvalue weighted by Crippen LogP contribution is -2.41. The van der Waals surface area contributed by atoms with Crippen molar-refractivity contribution in [3.05, 3.63) is 58.6 Å². The van der Waals surface area contributed by atoms with Gasteiger partial charge >= 0.3 is 5.69 Å². The van der Waals surface area contributed by atoms with Crippen LogP contribution < -0.4 is 9.64 Å². The SMILES string of the molecule is CCN(C(=O)C(C)Oc1ccc(S(=O)(=O)N2CCOCC2)cc1[N+](=O)[O-])c1ccccc1. The van der Waals surface area contributed by atoms with E-state index in [1.807, 2.05) is 13.0 Å². The normalized spacial score (nSPS) is 15.7. The number of nitro benzene ring substituents is 1. The zero-order valence-electron chi connectivity index (χ0n) is 17.8. The predicted octanol–water partition coefficient (Wildman–Crippen LogP) is 2.44. The van der Waals surface area contributed by atoms with Crippen molar-refractivity contribution in [3.63, 3.8) is 0 Å². The maximum atomic E-state index is 12.9. The zero-order valence-corrected chi connectivity index (χ0v) is 18.7. The minimum atomic E-state index is -3.91. The molecule has 3 rings (SSSR count). The molecular formula is C21H25N3O7S. The van der Waals surface area contributed by atoms with Crippen LogP contribution in [0.15, 0.2) is 53.4 Å². The van der Waals surface area contributed by atoms with Crippen LogP contribution >= 0.6 is 0 Å². The smallest absolute Gasteiger partial charge is 0.312 e. The van der Waals surface area contributed by atoms with Crippen molar-refractivity contribution in [2.75, 3.05) is 37.7 Å². The number of anilines is 1. The number of amides is 1. The lowest BCUT2D eigenvalue weighted by molar-refractivity contribution is -0.386. The summed E-state index contributed by atoms with van der Waals surface area (Å²) in [5.74, 6) is -0.557. The van der Waals surface area contributed by atoms with Gasteiger partial charge < -0.3 is 14.4 Å². The van der Waals surface area contributed by atoms with Crippen LogP contribution in [0, 0.1) is 10.1 Å². The molecule has 172 valence electrons. The molecule has 1 atom stereocenters. The third kappa shape index (κ3) is 5.06. The van der Waals surface area contributed by atoms with Gasteiger partial charge in [0.2, 0.25) is 10.0 Å². The van der Waals surface area contributed by atoms with E-state index in [1.54, 1.807) is 24.3 Å². The van der Waals surface area contributed by atoms with Gasteiger partial charge in [0, 0.05) is 31.4 Å². The maximum absolute atomic E-state index is 12.9. The number of sulfonamides is 1. The van der Waals surface area contributed by atoms with Crippen molar-refractivity contribution < 1.29 is 27.6 Å². The number of morpholine rings is 1. The predicted molar refractivity (Wildman–Crippen MR) is 117 cm³/mol. The van der Waals surface area contributed by atoms with Gasteiger partial charge in [-0.15, -0.1) is 0 Å². The second-order valence-electron chi connectivity index (χ2n) is 7.08. The van der Waals surface area contributed by atoms with Gasteiger partial charge in [0.15, 0.2) is 11.9 Å². The molecule has 2 aromatic carbocycles. The summed E-state index contributed by atoms with van der Waals surface area (Å²) in [5.41, 5.74) is 0.152. The number of carbonyl (C=O) groups is 1. The van der Waals surface area contributed by atoms with Crippen molar-refractivity contribution in [3.8, 4) is 5.75 Å². The van der Waals surface area contributed by atoms with Crippen LogP contribution in [0.3, 0.4) is 0 Å². The number of nitrogens with zero attached hydrogens (tertiary/aromatic N) is 3. The van der Waals surface area contributed by atoms with Gasteiger partial charge in [-0.2, -0.15) is 4.31 Å². The van der Waals surface area contributed by atoms with Crippen LogP contribution in [-0.2, 0) is 19.6 Å². The summed E-state index contributed by atoms with van der Waals surface area (Å²) in [5, 5.41) is 11.6. The fraction of sp³-hybridized carbons (Fsp3) is 0.381. The maximum Gasteiger partial charge on any atom is 0.312 e. The number of nitro groups is 1. The highest BCUT2D eigenvalue weighted by Gasteiger charge is 2.31. The molecule has 1 unspecified atom stereocenters. The van der Waals surface area contributed by atoms with E-state index in [0.29, 0.717) is 12.2 Å². The molecule has 0 bridgehead atoms. The number of benzene rings is 2. The first-order chi connectivity index (χ1) is 15.3. The van der Waals surface area contributed by atoms with Crippen LogP contribution in [0.2, 0.25) is 0 Å². The molecule has 1 fully saturated rings. The summed E-state index contributed by atoms with van der Waals surface area (Å²) in [6, 6.07) is 12.4. The second kappa shape index (κ2) is 10.1. The highest BCUT2D eigenvalue weighted by molar-refractivity contribution is 7.89. The van der Waals surface area contributed by atoms with Crippen molar-refractivity contribution in [2.24, 2.45) is 0 Å². The highest BCUT2D eigenvalue weighted by Crippen LogP contribution is 2.32. The van der Waals surface area contributed by atoms with E-state index in [9.17, 15) is 23.3 Å². The first-order valence-electron chi connectivity index (χ1n) is 10.1. The summed E-state index contributed by atoms with van der Waals surface area (Å²) >= 11 is 0. The molecule has 1 amide bonds. The molecule has 1 heterocycles. The monoisotopic (exact) mass is 463 g/mol. The fourth-order valence-corrected chi connectivity index (χ4v) is 4.80. The molecule has 0 N–H and O–H groups in total. The Bertz CT molecular complexity index is 1070. The standard InChI is InChI=1S/C21H25N3O7S/c1-3-23(17-7-5-4-6-8-17)21(25)16(2)31-20-10-9-18(15-19(20)24(26)27)32(28,29)22-11-13-30-14-12-22/h4-10,15-16H,3,11-14H2,1-2H3. The van der Waals surface area contributed by atoms with Gasteiger partial charge in [0.1, 0.15) is 0 Å². The lowest BCUT2D eigenvalue weighted by Gasteiger charge is -2.26. The highest BCUT2D eigenvalue weighted by atomic mass is 32.2. The molecule has 11 heteroatoms. The number of ether oxygens (including phenoxy) is 2. The Morgan fingerprint density at radius 3 is 2.47 bits per heavy atom. The van der Waals surface area contributed by atoms with Crippen LogP contribution in [0.25, 0.3) is 0 Å². The topological polar surface area (TPSA) is 119 Å². The number of carbonyl (C=O) groups excluding carboxylic acids is 1. The minimum Gasteiger partial charge on any atom is -0.474 e. The van der Waals surface area contributed by atoms with Crippen LogP contribution in [0.5, 0.6) is 5.75 Å². The van der Waals surface area contributed by atoms with Crippen molar-refractivity contribution in [2.45, 2.75) is 24.8 Å². The first-order valence-corrected chi connectivity index (χ1v) is 11.6. The van der Waals surface area contributed by atoms with Gasteiger partial charge in [0.05, 0.1) is 23.0 Å². The van der Waals surface area contributed by atoms with E-state index >= 15 is 0 Å². The average Bonchev–Trinajstić information content (AvgIpc) is 2.80. The van der Waals surface area contributed by atoms with E-state index in [4.69, 9.17) is 9.47 Å². The average molecular weight is 464 g/mol. The van der Waals surface area contributed by atoms with Crippen molar-refractivity contribution in [1.82, 2.24) is 4.31 Å².